The Morgan fingerprint density at radius 1 is 0.917 bits per heavy atom. The van der Waals surface area contributed by atoms with Crippen molar-refractivity contribution in [2.75, 3.05) is 0 Å². The second kappa shape index (κ2) is 7.99. The zero-order valence-electron chi connectivity index (χ0n) is 13.9. The molecule has 5 nitrogen and oxygen atoms in total. The van der Waals surface area contributed by atoms with Crippen LogP contribution in [0, 0.1) is 0 Å². The fraction of sp³-hybridized carbons (Fsp3) is 0.632. The van der Waals surface area contributed by atoms with E-state index >= 15 is 0 Å². The highest BCUT2D eigenvalue weighted by Crippen LogP contribution is 2.28. The molecule has 4 atom stereocenters. The first-order valence-corrected chi connectivity index (χ1v) is 8.94. The van der Waals surface area contributed by atoms with Gasteiger partial charge in [0.25, 0.3) is 0 Å². The number of ether oxygens (including phenoxy) is 2. The molecule has 2 aliphatic carbocycles. The number of benzene rings is 1. The van der Waals surface area contributed by atoms with Gasteiger partial charge in [-0.3, -0.25) is 0 Å². The molecule has 0 spiro atoms. The van der Waals surface area contributed by atoms with Crippen molar-refractivity contribution in [2.45, 2.75) is 75.8 Å². The quantitative estimate of drug-likeness (QED) is 0.828. The van der Waals surface area contributed by atoms with E-state index in [0.717, 1.165) is 38.5 Å². The van der Waals surface area contributed by atoms with E-state index in [1.165, 1.54) is 0 Å². The molecule has 3 rings (SSSR count). The fourth-order valence-electron chi connectivity index (χ4n) is 3.59. The van der Waals surface area contributed by atoms with Crippen molar-refractivity contribution in [3.05, 3.63) is 29.8 Å². The van der Waals surface area contributed by atoms with E-state index in [4.69, 9.17) is 9.47 Å². The lowest BCUT2D eigenvalue weighted by Crippen LogP contribution is -2.30. The highest BCUT2D eigenvalue weighted by atomic mass is 16.5. The summed E-state index contributed by atoms with van der Waals surface area (Å²) in [6.45, 7) is 0. The van der Waals surface area contributed by atoms with Crippen LogP contribution in [0.5, 0.6) is 5.75 Å². The first-order chi connectivity index (χ1) is 11.6. The van der Waals surface area contributed by atoms with Crippen LogP contribution < -0.4 is 4.74 Å². The van der Waals surface area contributed by atoms with Crippen LogP contribution in [0.2, 0.25) is 0 Å². The van der Waals surface area contributed by atoms with Crippen LogP contribution in [0.3, 0.4) is 0 Å². The Bertz CT molecular complexity index is 558. The Labute approximate surface area is 142 Å². The number of hydrogen-bond donors (Lipinski definition) is 2. The molecule has 2 aliphatic rings. The van der Waals surface area contributed by atoms with Gasteiger partial charge >= 0.3 is 5.97 Å². The van der Waals surface area contributed by atoms with Crippen LogP contribution >= 0.6 is 0 Å². The first kappa shape index (κ1) is 17.2. The minimum atomic E-state index is -0.402. The predicted molar refractivity (Wildman–Crippen MR) is 89.0 cm³/mol. The Balaban J connectivity index is 1.65. The summed E-state index contributed by atoms with van der Waals surface area (Å²) in [5.74, 6) is 0.110. The summed E-state index contributed by atoms with van der Waals surface area (Å²) in [4.78, 5) is 12.5. The molecule has 2 fully saturated rings. The smallest absolute Gasteiger partial charge is 0.342 e. The predicted octanol–water partition coefficient (Wildman–Crippen LogP) is 2.83. The van der Waals surface area contributed by atoms with Crippen molar-refractivity contribution >= 4 is 5.97 Å². The first-order valence-electron chi connectivity index (χ1n) is 8.94. The molecule has 0 bridgehead atoms. The molecule has 0 aliphatic heterocycles. The monoisotopic (exact) mass is 334 g/mol. The molecule has 0 amide bonds. The number of aliphatic hydroxyl groups is 2. The van der Waals surface area contributed by atoms with Crippen molar-refractivity contribution < 1.29 is 24.5 Å². The van der Waals surface area contributed by atoms with E-state index in [2.05, 4.69) is 0 Å². The van der Waals surface area contributed by atoms with Crippen molar-refractivity contribution in [2.24, 2.45) is 0 Å². The number of carbonyl (C=O) groups is 1. The molecule has 4 unspecified atom stereocenters. The van der Waals surface area contributed by atoms with E-state index in [0.29, 0.717) is 24.2 Å². The lowest BCUT2D eigenvalue weighted by atomic mass is 9.95. The number of carbonyl (C=O) groups excluding carboxylic acids is 1. The van der Waals surface area contributed by atoms with E-state index in [1.54, 1.807) is 18.2 Å². The maximum Gasteiger partial charge on any atom is 0.342 e. The highest BCUT2D eigenvalue weighted by molar-refractivity contribution is 5.92. The number of hydrogen-bond acceptors (Lipinski definition) is 5. The topological polar surface area (TPSA) is 76.0 Å². The van der Waals surface area contributed by atoms with Crippen LogP contribution in [0.4, 0.5) is 0 Å². The van der Waals surface area contributed by atoms with Gasteiger partial charge in [0, 0.05) is 12.8 Å². The van der Waals surface area contributed by atoms with Crippen molar-refractivity contribution in [1.29, 1.82) is 0 Å². The molecular weight excluding hydrogens is 308 g/mol. The van der Waals surface area contributed by atoms with E-state index in [-0.39, 0.29) is 24.4 Å². The molecule has 5 heteroatoms. The molecule has 2 saturated carbocycles. The van der Waals surface area contributed by atoms with Gasteiger partial charge in [0.05, 0.1) is 12.2 Å². The largest absolute Gasteiger partial charge is 0.489 e. The Kier molecular flexibility index (Phi) is 5.74. The van der Waals surface area contributed by atoms with Crippen molar-refractivity contribution in [3.8, 4) is 5.75 Å². The summed E-state index contributed by atoms with van der Waals surface area (Å²) >= 11 is 0. The average molecular weight is 334 g/mol. The number of para-hydroxylation sites is 1. The highest BCUT2D eigenvalue weighted by Gasteiger charge is 2.27. The summed E-state index contributed by atoms with van der Waals surface area (Å²) in [6.07, 6.45) is 5.15. The minimum absolute atomic E-state index is 0.0702. The van der Waals surface area contributed by atoms with Crippen LogP contribution in [-0.2, 0) is 4.74 Å². The molecule has 132 valence electrons. The molecule has 0 aromatic heterocycles. The van der Waals surface area contributed by atoms with Gasteiger partial charge in [0.1, 0.15) is 23.5 Å². The third kappa shape index (κ3) is 4.48. The summed E-state index contributed by atoms with van der Waals surface area (Å²) in [6, 6.07) is 7.09. The lowest BCUT2D eigenvalue weighted by molar-refractivity contribution is -0.00286. The third-order valence-corrected chi connectivity index (χ3v) is 4.87. The van der Waals surface area contributed by atoms with Crippen molar-refractivity contribution in [1.82, 2.24) is 0 Å². The standard InChI is InChI=1S/C19H26O5/c20-13-5-3-7-15(11-13)23-18-10-2-1-9-17(18)19(22)24-16-8-4-6-14(21)12-16/h1-2,9-10,13-16,20-21H,3-8,11-12H2. The van der Waals surface area contributed by atoms with Gasteiger partial charge in [-0.2, -0.15) is 0 Å². The van der Waals surface area contributed by atoms with E-state index < -0.39 is 5.97 Å². The minimum Gasteiger partial charge on any atom is -0.489 e. The van der Waals surface area contributed by atoms with Gasteiger partial charge in [-0.05, 0) is 50.7 Å². The lowest BCUT2D eigenvalue weighted by Gasteiger charge is -2.28. The van der Waals surface area contributed by atoms with Gasteiger partial charge in [0.2, 0.25) is 0 Å². The van der Waals surface area contributed by atoms with Crippen LogP contribution in [0.15, 0.2) is 24.3 Å². The van der Waals surface area contributed by atoms with Gasteiger partial charge in [0.15, 0.2) is 0 Å². The van der Waals surface area contributed by atoms with Gasteiger partial charge in [-0.15, -0.1) is 0 Å². The van der Waals surface area contributed by atoms with Gasteiger partial charge in [-0.1, -0.05) is 12.1 Å². The van der Waals surface area contributed by atoms with Gasteiger partial charge in [-0.25, -0.2) is 4.79 Å². The summed E-state index contributed by atoms with van der Waals surface area (Å²) in [5, 5.41) is 19.5. The molecule has 0 heterocycles. The molecule has 1 aromatic carbocycles. The zero-order chi connectivity index (χ0) is 16.9. The zero-order valence-corrected chi connectivity index (χ0v) is 13.9. The Hall–Kier alpha value is -1.59. The fourth-order valence-corrected chi connectivity index (χ4v) is 3.59. The van der Waals surface area contributed by atoms with Crippen LogP contribution in [0.25, 0.3) is 0 Å². The maximum atomic E-state index is 12.5. The molecule has 24 heavy (non-hydrogen) atoms. The van der Waals surface area contributed by atoms with E-state index in [9.17, 15) is 15.0 Å². The summed E-state index contributed by atoms with van der Waals surface area (Å²) in [5.41, 5.74) is 0.414. The van der Waals surface area contributed by atoms with Crippen LogP contribution in [0.1, 0.15) is 61.7 Å². The SMILES string of the molecule is O=C(OC1CCCC(O)C1)c1ccccc1OC1CCCC(O)C1. The second-order valence-electron chi connectivity index (χ2n) is 6.90. The molecular formula is C19H26O5. The molecule has 1 aromatic rings. The Morgan fingerprint density at radius 2 is 1.54 bits per heavy atom. The summed E-state index contributed by atoms with van der Waals surface area (Å²) in [7, 11) is 0. The molecule has 0 saturated heterocycles. The Morgan fingerprint density at radius 3 is 2.25 bits per heavy atom. The van der Waals surface area contributed by atoms with Gasteiger partial charge < -0.3 is 19.7 Å². The second-order valence-corrected chi connectivity index (χ2v) is 6.90. The third-order valence-electron chi connectivity index (χ3n) is 4.87. The molecule has 0 radical (unpaired) electrons. The number of aliphatic hydroxyl groups excluding tert-OH is 2. The molecule has 2 N–H and O–H groups in total. The number of rotatable bonds is 4. The van der Waals surface area contributed by atoms with Crippen molar-refractivity contribution in [3.63, 3.8) is 0 Å². The summed E-state index contributed by atoms with van der Waals surface area (Å²) < 4.78 is 11.5. The van der Waals surface area contributed by atoms with E-state index in [1.807, 2.05) is 6.07 Å². The van der Waals surface area contributed by atoms with Crippen LogP contribution in [-0.4, -0.2) is 40.6 Å². The maximum absolute atomic E-state index is 12.5. The average Bonchev–Trinajstić information content (AvgIpc) is 2.55. The number of esters is 1. The normalized spacial score (nSPS) is 30.6.